The highest BCUT2D eigenvalue weighted by molar-refractivity contribution is 7.18. The summed E-state index contributed by atoms with van der Waals surface area (Å²) in [4.78, 5) is 35.5. The first-order valence-electron chi connectivity index (χ1n) is 12.5. The normalized spacial score (nSPS) is 31.7. The molecule has 8 rings (SSSR count). The molecule has 0 unspecified atom stereocenters. The van der Waals surface area contributed by atoms with E-state index in [4.69, 9.17) is 4.98 Å². The molecule has 2 atom stereocenters. The highest BCUT2D eigenvalue weighted by Crippen LogP contribution is 2.65. The largest absolute Gasteiger partial charge is 0.281 e. The highest BCUT2D eigenvalue weighted by Gasteiger charge is 2.59. The number of thiophene rings is 1. The Morgan fingerprint density at radius 2 is 2.00 bits per heavy atom. The lowest BCUT2D eigenvalue weighted by Crippen LogP contribution is -2.58. The number of aromatic nitrogens is 6. The first-order valence-corrected chi connectivity index (χ1v) is 13.3. The molecular weight excluding hydrogens is 450 g/mol. The van der Waals surface area contributed by atoms with E-state index in [9.17, 15) is 9.59 Å². The van der Waals surface area contributed by atoms with Crippen molar-refractivity contribution in [2.24, 2.45) is 17.3 Å². The second-order valence-electron chi connectivity index (χ2n) is 11.3. The molecule has 9 nitrogen and oxygen atoms in total. The summed E-state index contributed by atoms with van der Waals surface area (Å²) in [5.74, 6) is 1.64. The zero-order valence-electron chi connectivity index (χ0n) is 19.4. The second-order valence-corrected chi connectivity index (χ2v) is 12.4. The van der Waals surface area contributed by atoms with Gasteiger partial charge in [0.05, 0.1) is 10.9 Å². The minimum absolute atomic E-state index is 0.0710. The van der Waals surface area contributed by atoms with Gasteiger partial charge in [-0.3, -0.25) is 15.0 Å². The van der Waals surface area contributed by atoms with Crippen LogP contribution in [0.2, 0.25) is 0 Å². The molecule has 4 saturated carbocycles. The Morgan fingerprint density at radius 3 is 2.76 bits per heavy atom. The minimum Gasteiger partial charge on any atom is -0.273 e. The van der Waals surface area contributed by atoms with Crippen LogP contribution in [-0.4, -0.2) is 35.8 Å². The van der Waals surface area contributed by atoms with E-state index in [0.29, 0.717) is 29.5 Å². The fourth-order valence-electron chi connectivity index (χ4n) is 8.17. The number of amides is 1. The van der Waals surface area contributed by atoms with Gasteiger partial charge < -0.3 is 0 Å². The van der Waals surface area contributed by atoms with Crippen molar-refractivity contribution < 1.29 is 4.79 Å². The Balaban J connectivity index is 1.18. The zero-order valence-corrected chi connectivity index (χ0v) is 20.2. The number of tetrazole rings is 1. The van der Waals surface area contributed by atoms with Crippen LogP contribution in [0.25, 0.3) is 10.2 Å². The molecule has 4 bridgehead atoms. The van der Waals surface area contributed by atoms with Gasteiger partial charge in [0, 0.05) is 11.3 Å². The Morgan fingerprint density at radius 1 is 1.21 bits per heavy atom. The van der Waals surface area contributed by atoms with Crippen molar-refractivity contribution in [1.29, 1.82) is 0 Å². The molecule has 34 heavy (non-hydrogen) atoms. The lowest BCUT2D eigenvalue weighted by molar-refractivity contribution is -0.136. The van der Waals surface area contributed by atoms with Gasteiger partial charge in [-0.05, 0) is 99.2 Å². The van der Waals surface area contributed by atoms with Crippen molar-refractivity contribution in [2.45, 2.75) is 83.1 Å². The van der Waals surface area contributed by atoms with Crippen LogP contribution in [0.5, 0.6) is 0 Å². The Bertz CT molecular complexity index is 1340. The maximum absolute atomic E-state index is 13.5. The predicted molar refractivity (Wildman–Crippen MR) is 127 cm³/mol. The first kappa shape index (κ1) is 20.7. The van der Waals surface area contributed by atoms with Gasteiger partial charge in [-0.25, -0.2) is 9.66 Å². The number of aryl methyl sites for hydroxylation is 3. The van der Waals surface area contributed by atoms with Gasteiger partial charge in [0.15, 0.2) is 6.33 Å². The van der Waals surface area contributed by atoms with E-state index in [-0.39, 0.29) is 22.4 Å². The molecular formula is C24H29N7O2S. The highest BCUT2D eigenvalue weighted by atomic mass is 32.1. The summed E-state index contributed by atoms with van der Waals surface area (Å²) < 4.78 is 1.39. The van der Waals surface area contributed by atoms with Gasteiger partial charge >= 0.3 is 0 Å². The monoisotopic (exact) mass is 479 g/mol. The number of fused-ring (bicyclic) bond motifs is 3. The van der Waals surface area contributed by atoms with Crippen molar-refractivity contribution >= 4 is 27.5 Å². The Kier molecular flexibility index (Phi) is 4.39. The molecule has 0 aliphatic heterocycles. The summed E-state index contributed by atoms with van der Waals surface area (Å²) in [5.41, 5.74) is 3.77. The molecule has 1 amide bonds. The molecule has 3 heterocycles. The number of nitrogens with one attached hydrogen (secondary N) is 1. The first-order chi connectivity index (χ1) is 16.4. The van der Waals surface area contributed by atoms with Gasteiger partial charge in [-0.15, -0.1) is 21.5 Å². The number of carbonyl (C=O) groups is 1. The quantitative estimate of drug-likeness (QED) is 0.616. The lowest BCUT2D eigenvalue weighted by Gasteiger charge is -2.61. The standard InChI is InChI=1S/C24H29N7O2S/c1-14-27-21-20(17-4-2-3-5-18(17)34-21)22(33)30(14)28-19(32)11-23-7-15-6-16(8-23)10-24(9-15,12-23)31-26-13-25-29-31/h13,15-16H,2-12H2,1H3,(H,28,32)/t15-,16-,23?,24?/m1/s1. The Hall–Kier alpha value is -2.62. The molecule has 0 saturated heterocycles. The molecule has 3 aromatic rings. The third-order valence-electron chi connectivity index (χ3n) is 8.85. The summed E-state index contributed by atoms with van der Waals surface area (Å²) in [7, 11) is 0. The third kappa shape index (κ3) is 3.03. The van der Waals surface area contributed by atoms with Gasteiger partial charge in [0.2, 0.25) is 5.91 Å². The second kappa shape index (κ2) is 7.19. The molecule has 1 N–H and O–H groups in total. The van der Waals surface area contributed by atoms with Crippen LogP contribution in [0.3, 0.4) is 0 Å². The molecule has 0 radical (unpaired) electrons. The van der Waals surface area contributed by atoms with Crippen LogP contribution in [0.1, 0.15) is 74.1 Å². The number of hydrogen-bond acceptors (Lipinski definition) is 7. The van der Waals surface area contributed by atoms with Gasteiger partial charge in [0.1, 0.15) is 10.7 Å². The van der Waals surface area contributed by atoms with Crippen LogP contribution in [-0.2, 0) is 23.2 Å². The summed E-state index contributed by atoms with van der Waals surface area (Å²) in [6.45, 7) is 1.80. The van der Waals surface area contributed by atoms with E-state index in [1.165, 1.54) is 28.7 Å². The van der Waals surface area contributed by atoms with E-state index >= 15 is 0 Å². The van der Waals surface area contributed by atoms with Crippen LogP contribution < -0.4 is 11.0 Å². The maximum atomic E-state index is 13.5. The summed E-state index contributed by atoms with van der Waals surface area (Å²) in [5, 5.41) is 13.3. The van der Waals surface area contributed by atoms with E-state index in [0.717, 1.165) is 61.8 Å². The average Bonchev–Trinajstić information content (AvgIpc) is 3.44. The van der Waals surface area contributed by atoms with E-state index in [2.05, 4.69) is 20.8 Å². The molecule has 4 fully saturated rings. The third-order valence-corrected chi connectivity index (χ3v) is 10.0. The number of nitrogens with zero attached hydrogens (tertiary/aromatic N) is 6. The molecule has 3 aromatic heterocycles. The lowest BCUT2D eigenvalue weighted by atomic mass is 9.46. The summed E-state index contributed by atoms with van der Waals surface area (Å²) in [6.07, 6.45) is 12.6. The molecule has 0 aromatic carbocycles. The Labute approximate surface area is 200 Å². The number of rotatable bonds is 4. The molecule has 0 spiro atoms. The van der Waals surface area contributed by atoms with Crippen molar-refractivity contribution in [3.8, 4) is 0 Å². The van der Waals surface area contributed by atoms with Crippen LogP contribution in [0.4, 0.5) is 0 Å². The molecule has 5 aliphatic rings. The van der Waals surface area contributed by atoms with Gasteiger partial charge in [-0.2, -0.15) is 4.80 Å². The van der Waals surface area contributed by atoms with Crippen LogP contribution in [0, 0.1) is 24.2 Å². The number of carbonyl (C=O) groups excluding carboxylic acids is 1. The van der Waals surface area contributed by atoms with Crippen LogP contribution >= 0.6 is 11.3 Å². The maximum Gasteiger partial charge on any atom is 0.281 e. The topological polar surface area (TPSA) is 108 Å². The van der Waals surface area contributed by atoms with Crippen molar-refractivity contribution in [3.05, 3.63) is 32.9 Å². The molecule has 10 heteroatoms. The van der Waals surface area contributed by atoms with Crippen LogP contribution in [0.15, 0.2) is 11.1 Å². The fourth-order valence-corrected chi connectivity index (χ4v) is 9.47. The van der Waals surface area contributed by atoms with Crippen molar-refractivity contribution in [3.63, 3.8) is 0 Å². The van der Waals surface area contributed by atoms with E-state index in [1.807, 2.05) is 4.80 Å². The fraction of sp³-hybridized carbons (Fsp3) is 0.667. The van der Waals surface area contributed by atoms with Gasteiger partial charge in [-0.1, -0.05) is 0 Å². The van der Waals surface area contributed by atoms with Crippen molar-refractivity contribution in [2.75, 3.05) is 5.43 Å². The SMILES string of the molecule is Cc1nc2sc3c(c2c(=O)n1NC(=O)CC12C[C@H]4C[C@H](C1)CC(n1ncnn1)(C4)C2)CCCC3. The zero-order chi connectivity index (χ0) is 23.1. The van der Waals surface area contributed by atoms with Crippen molar-refractivity contribution in [1.82, 2.24) is 29.9 Å². The molecule has 5 aliphatic carbocycles. The predicted octanol–water partition coefficient (Wildman–Crippen LogP) is 3.09. The van der Waals surface area contributed by atoms with Gasteiger partial charge in [0.25, 0.3) is 5.56 Å². The van der Waals surface area contributed by atoms with E-state index in [1.54, 1.807) is 18.3 Å². The molecule has 178 valence electrons. The van der Waals surface area contributed by atoms with E-state index < -0.39 is 0 Å². The minimum atomic E-state index is -0.135. The summed E-state index contributed by atoms with van der Waals surface area (Å²) in [6, 6.07) is 0. The summed E-state index contributed by atoms with van der Waals surface area (Å²) >= 11 is 1.64. The smallest absolute Gasteiger partial charge is 0.273 e. The number of hydrogen-bond donors (Lipinski definition) is 1. The average molecular weight is 480 g/mol.